The normalized spacial score (nSPS) is 30.9. The Kier molecular flexibility index (Phi) is 3.42. The van der Waals surface area contributed by atoms with Crippen molar-refractivity contribution >= 4 is 0 Å². The maximum Gasteiger partial charge on any atom is 0.0195 e. The van der Waals surface area contributed by atoms with E-state index in [4.69, 9.17) is 5.73 Å². The Morgan fingerprint density at radius 3 is 2.64 bits per heavy atom. The van der Waals surface area contributed by atoms with Crippen LogP contribution in [0.3, 0.4) is 0 Å². The van der Waals surface area contributed by atoms with Crippen molar-refractivity contribution in [3.8, 4) is 0 Å². The Hall–Kier alpha value is -0.120. The Bertz CT molecular complexity index is 179. The smallest absolute Gasteiger partial charge is 0.0195 e. The molecule has 0 radical (unpaired) electrons. The molecule has 3 nitrogen and oxygen atoms in total. The van der Waals surface area contributed by atoms with Crippen LogP contribution in [0.2, 0.25) is 0 Å². The van der Waals surface area contributed by atoms with Crippen LogP contribution in [0.1, 0.15) is 26.2 Å². The Morgan fingerprint density at radius 2 is 2.07 bits per heavy atom. The summed E-state index contributed by atoms with van der Waals surface area (Å²) in [7, 11) is 0. The van der Waals surface area contributed by atoms with E-state index in [1.165, 1.54) is 39.0 Å². The topological polar surface area (TPSA) is 32.5 Å². The minimum Gasteiger partial charge on any atom is -0.330 e. The molecule has 0 bridgehead atoms. The van der Waals surface area contributed by atoms with E-state index in [1.807, 2.05) is 0 Å². The first-order chi connectivity index (χ1) is 6.81. The van der Waals surface area contributed by atoms with E-state index >= 15 is 0 Å². The molecule has 0 spiro atoms. The molecule has 2 N–H and O–H groups in total. The maximum absolute atomic E-state index is 5.54. The standard InChI is InChI=1S/C11H23N3/c1-10-9-14(11-3-4-11)8-7-13(10)6-2-5-12/h10-11H,2-9,12H2,1H3. The molecule has 2 rings (SSSR count). The molecule has 1 unspecified atom stereocenters. The first-order valence-corrected chi connectivity index (χ1v) is 5.99. The lowest BCUT2D eigenvalue weighted by Crippen LogP contribution is -2.52. The number of hydrogen-bond acceptors (Lipinski definition) is 3. The van der Waals surface area contributed by atoms with Crippen molar-refractivity contribution in [3.63, 3.8) is 0 Å². The molecule has 14 heavy (non-hydrogen) atoms. The molecule has 3 heteroatoms. The first kappa shape index (κ1) is 10.4. The highest BCUT2D eigenvalue weighted by molar-refractivity contribution is 4.90. The molecular weight excluding hydrogens is 174 g/mol. The van der Waals surface area contributed by atoms with Gasteiger partial charge in [0.15, 0.2) is 0 Å². The minimum atomic E-state index is 0.732. The summed E-state index contributed by atoms with van der Waals surface area (Å²) in [5.74, 6) is 0. The van der Waals surface area contributed by atoms with Crippen LogP contribution in [0.4, 0.5) is 0 Å². The van der Waals surface area contributed by atoms with Gasteiger partial charge in [-0.1, -0.05) is 0 Å². The summed E-state index contributed by atoms with van der Waals surface area (Å²) in [6.45, 7) is 8.17. The average Bonchev–Trinajstić information content (AvgIpc) is 2.99. The molecule has 1 saturated heterocycles. The van der Waals surface area contributed by atoms with Crippen molar-refractivity contribution in [1.29, 1.82) is 0 Å². The Labute approximate surface area is 87.2 Å². The molecule has 0 aromatic carbocycles. The molecule has 1 atom stereocenters. The fourth-order valence-corrected chi connectivity index (χ4v) is 2.42. The highest BCUT2D eigenvalue weighted by atomic mass is 15.3. The summed E-state index contributed by atoms with van der Waals surface area (Å²) in [6.07, 6.45) is 4.03. The quantitative estimate of drug-likeness (QED) is 0.712. The second kappa shape index (κ2) is 4.60. The molecular formula is C11H23N3. The van der Waals surface area contributed by atoms with Gasteiger partial charge in [-0.15, -0.1) is 0 Å². The second-order valence-corrected chi connectivity index (χ2v) is 4.75. The molecule has 0 aromatic rings. The largest absolute Gasteiger partial charge is 0.330 e. The van der Waals surface area contributed by atoms with Gasteiger partial charge in [-0.05, 0) is 39.3 Å². The lowest BCUT2D eigenvalue weighted by Gasteiger charge is -2.40. The van der Waals surface area contributed by atoms with Crippen LogP contribution in [0.25, 0.3) is 0 Å². The van der Waals surface area contributed by atoms with Crippen molar-refractivity contribution in [2.24, 2.45) is 5.73 Å². The van der Waals surface area contributed by atoms with Gasteiger partial charge in [0.2, 0.25) is 0 Å². The van der Waals surface area contributed by atoms with Crippen LogP contribution in [0.15, 0.2) is 0 Å². The third-order valence-electron chi connectivity index (χ3n) is 3.51. The fraction of sp³-hybridized carbons (Fsp3) is 1.00. The molecule has 1 aliphatic carbocycles. The van der Waals surface area contributed by atoms with Gasteiger partial charge in [0, 0.05) is 31.7 Å². The van der Waals surface area contributed by atoms with Crippen molar-refractivity contribution in [3.05, 3.63) is 0 Å². The van der Waals surface area contributed by atoms with Crippen LogP contribution in [-0.4, -0.2) is 54.6 Å². The minimum absolute atomic E-state index is 0.732. The summed E-state index contributed by atoms with van der Waals surface area (Å²) < 4.78 is 0. The van der Waals surface area contributed by atoms with E-state index in [0.717, 1.165) is 25.0 Å². The Morgan fingerprint density at radius 1 is 1.29 bits per heavy atom. The van der Waals surface area contributed by atoms with Crippen molar-refractivity contribution in [2.45, 2.75) is 38.3 Å². The van der Waals surface area contributed by atoms with Gasteiger partial charge in [-0.3, -0.25) is 9.80 Å². The number of piperazine rings is 1. The van der Waals surface area contributed by atoms with Crippen molar-refractivity contribution in [1.82, 2.24) is 9.80 Å². The lowest BCUT2D eigenvalue weighted by atomic mass is 10.2. The lowest BCUT2D eigenvalue weighted by molar-refractivity contribution is 0.0783. The highest BCUT2D eigenvalue weighted by Gasteiger charge is 2.33. The summed E-state index contributed by atoms with van der Waals surface area (Å²) in [6, 6.07) is 1.67. The summed E-state index contributed by atoms with van der Waals surface area (Å²) in [5.41, 5.74) is 5.54. The molecule has 2 fully saturated rings. The predicted molar refractivity (Wildman–Crippen MR) is 59.3 cm³/mol. The highest BCUT2D eigenvalue weighted by Crippen LogP contribution is 2.28. The number of nitrogens with two attached hydrogens (primary N) is 1. The molecule has 82 valence electrons. The van der Waals surface area contributed by atoms with Gasteiger partial charge in [0.1, 0.15) is 0 Å². The molecule has 1 heterocycles. The number of hydrogen-bond donors (Lipinski definition) is 1. The van der Waals surface area contributed by atoms with Crippen LogP contribution >= 0.6 is 0 Å². The fourth-order valence-electron chi connectivity index (χ4n) is 2.42. The summed E-state index contributed by atoms with van der Waals surface area (Å²) in [5, 5.41) is 0. The second-order valence-electron chi connectivity index (χ2n) is 4.75. The molecule has 0 amide bonds. The van der Waals surface area contributed by atoms with Crippen LogP contribution in [0, 0.1) is 0 Å². The monoisotopic (exact) mass is 197 g/mol. The third kappa shape index (κ3) is 2.47. The summed E-state index contributed by atoms with van der Waals surface area (Å²) in [4.78, 5) is 5.26. The number of nitrogens with zero attached hydrogens (tertiary/aromatic N) is 2. The van der Waals surface area contributed by atoms with E-state index in [-0.39, 0.29) is 0 Å². The van der Waals surface area contributed by atoms with Gasteiger partial charge in [0.25, 0.3) is 0 Å². The van der Waals surface area contributed by atoms with E-state index < -0.39 is 0 Å². The zero-order chi connectivity index (χ0) is 9.97. The van der Waals surface area contributed by atoms with Crippen LogP contribution in [0.5, 0.6) is 0 Å². The van der Waals surface area contributed by atoms with Gasteiger partial charge < -0.3 is 5.73 Å². The third-order valence-corrected chi connectivity index (χ3v) is 3.51. The summed E-state index contributed by atoms with van der Waals surface area (Å²) >= 11 is 0. The zero-order valence-electron chi connectivity index (χ0n) is 9.28. The molecule has 2 aliphatic rings. The SMILES string of the molecule is CC1CN(C2CC2)CCN1CCCN. The molecule has 1 saturated carbocycles. The van der Waals surface area contributed by atoms with E-state index in [9.17, 15) is 0 Å². The molecule has 0 aromatic heterocycles. The van der Waals surface area contributed by atoms with E-state index in [2.05, 4.69) is 16.7 Å². The Balaban J connectivity index is 1.74. The van der Waals surface area contributed by atoms with Gasteiger partial charge in [-0.2, -0.15) is 0 Å². The van der Waals surface area contributed by atoms with Crippen molar-refractivity contribution in [2.75, 3.05) is 32.7 Å². The van der Waals surface area contributed by atoms with Crippen LogP contribution < -0.4 is 5.73 Å². The average molecular weight is 197 g/mol. The van der Waals surface area contributed by atoms with Crippen LogP contribution in [-0.2, 0) is 0 Å². The van der Waals surface area contributed by atoms with E-state index in [0.29, 0.717) is 0 Å². The van der Waals surface area contributed by atoms with Crippen molar-refractivity contribution < 1.29 is 0 Å². The van der Waals surface area contributed by atoms with Gasteiger partial charge >= 0.3 is 0 Å². The van der Waals surface area contributed by atoms with Gasteiger partial charge in [-0.25, -0.2) is 0 Å². The van der Waals surface area contributed by atoms with Gasteiger partial charge in [0.05, 0.1) is 0 Å². The van der Waals surface area contributed by atoms with E-state index in [1.54, 1.807) is 0 Å². The molecule has 1 aliphatic heterocycles. The maximum atomic E-state index is 5.54. The predicted octanol–water partition coefficient (Wildman–Crippen LogP) is 0.504. The first-order valence-electron chi connectivity index (χ1n) is 5.99. The number of rotatable bonds is 4. The zero-order valence-corrected chi connectivity index (χ0v) is 9.28.